The lowest BCUT2D eigenvalue weighted by Gasteiger charge is -2.11. The van der Waals surface area contributed by atoms with Gasteiger partial charge in [0.1, 0.15) is 11.6 Å². The number of nitrogens with zero attached hydrogens (tertiary/aromatic N) is 2. The molecule has 0 bridgehead atoms. The number of rotatable bonds is 3. The van der Waals surface area contributed by atoms with E-state index in [4.69, 9.17) is 0 Å². The molecule has 0 radical (unpaired) electrons. The largest absolute Gasteiger partial charge is 0.321 e. The minimum atomic E-state index is -0.521. The van der Waals surface area contributed by atoms with E-state index in [2.05, 4.69) is 4.98 Å². The summed E-state index contributed by atoms with van der Waals surface area (Å²) in [6.45, 7) is 3.84. The first-order valence-corrected chi connectivity index (χ1v) is 7.90. The molecule has 0 atom stereocenters. The van der Waals surface area contributed by atoms with E-state index in [1.807, 2.05) is 38.1 Å². The highest BCUT2D eigenvalue weighted by Gasteiger charge is 2.15. The van der Waals surface area contributed by atoms with E-state index in [0.717, 1.165) is 16.7 Å². The molecule has 3 aromatic rings. The quantitative estimate of drug-likeness (QED) is 0.570. The van der Waals surface area contributed by atoms with Gasteiger partial charge in [-0.1, -0.05) is 35.9 Å². The average Bonchev–Trinajstić information content (AvgIpc) is 2.63. The summed E-state index contributed by atoms with van der Waals surface area (Å²) in [5.41, 5.74) is 3.61. The van der Waals surface area contributed by atoms with Gasteiger partial charge in [0.15, 0.2) is 0 Å². The van der Waals surface area contributed by atoms with E-state index in [-0.39, 0.29) is 11.3 Å². The molecule has 0 saturated heterocycles. The Hall–Kier alpha value is -3.72. The molecule has 0 fully saturated rings. The lowest BCUT2D eigenvalue weighted by Crippen LogP contribution is -2.13. The topological polar surface area (TPSA) is 99.8 Å². The van der Waals surface area contributed by atoms with Crippen LogP contribution < -0.4 is 5.56 Å². The number of aromatic amines is 1. The van der Waals surface area contributed by atoms with Crippen molar-refractivity contribution in [1.29, 1.82) is 5.26 Å². The lowest BCUT2D eigenvalue weighted by atomic mass is 9.94. The molecule has 6 heteroatoms. The van der Waals surface area contributed by atoms with Gasteiger partial charge >= 0.3 is 0 Å². The first-order valence-electron chi connectivity index (χ1n) is 7.90. The smallest absolute Gasteiger partial charge is 0.270 e. The molecular formula is C20H15N3O3. The summed E-state index contributed by atoms with van der Waals surface area (Å²) in [5.74, 6) is 0. The van der Waals surface area contributed by atoms with Gasteiger partial charge in [0.25, 0.3) is 11.2 Å². The van der Waals surface area contributed by atoms with E-state index in [1.54, 1.807) is 18.2 Å². The van der Waals surface area contributed by atoms with Crippen LogP contribution in [0.4, 0.5) is 5.69 Å². The van der Waals surface area contributed by atoms with Crippen LogP contribution in [0.15, 0.2) is 53.3 Å². The Morgan fingerprint density at radius 2 is 1.85 bits per heavy atom. The molecule has 0 unspecified atom stereocenters. The third-order valence-electron chi connectivity index (χ3n) is 4.20. The second-order valence-electron chi connectivity index (χ2n) is 6.04. The highest BCUT2D eigenvalue weighted by molar-refractivity contribution is 5.77. The minimum Gasteiger partial charge on any atom is -0.321 e. The Balaban J connectivity index is 2.28. The SMILES string of the molecule is Cc1ccc(C)c(-c2cc(-c3cccc([N+](=O)[O-])c3)[nH]c(=O)c2C#N)c1. The number of non-ortho nitro benzene ring substituents is 1. The standard InChI is InChI=1S/C20H15N3O3/c1-12-6-7-13(2)16(8-12)17-10-19(22-20(24)18(17)11-21)14-4-3-5-15(9-14)23(25)26/h3-10H,1-2H3,(H,22,24). The molecule has 0 aliphatic heterocycles. The van der Waals surface area contributed by atoms with Gasteiger partial charge in [-0.15, -0.1) is 0 Å². The molecule has 26 heavy (non-hydrogen) atoms. The molecule has 3 rings (SSSR count). The van der Waals surface area contributed by atoms with Gasteiger partial charge in [0.2, 0.25) is 0 Å². The molecule has 1 aromatic heterocycles. The van der Waals surface area contributed by atoms with Gasteiger partial charge in [0.05, 0.1) is 4.92 Å². The van der Waals surface area contributed by atoms with Crippen molar-refractivity contribution in [2.24, 2.45) is 0 Å². The predicted octanol–water partition coefficient (Wildman–Crippen LogP) is 4.11. The van der Waals surface area contributed by atoms with Gasteiger partial charge in [-0.3, -0.25) is 14.9 Å². The number of hydrogen-bond acceptors (Lipinski definition) is 4. The molecule has 2 aromatic carbocycles. The number of H-pyrrole nitrogens is 1. The molecule has 0 aliphatic rings. The highest BCUT2D eigenvalue weighted by Crippen LogP contribution is 2.30. The maximum absolute atomic E-state index is 12.4. The molecule has 0 aliphatic carbocycles. The fourth-order valence-electron chi connectivity index (χ4n) is 2.85. The van der Waals surface area contributed by atoms with E-state index < -0.39 is 10.5 Å². The molecule has 1 heterocycles. The van der Waals surface area contributed by atoms with Crippen molar-refractivity contribution in [2.75, 3.05) is 0 Å². The fraction of sp³-hybridized carbons (Fsp3) is 0.100. The van der Waals surface area contributed by atoms with Crippen molar-refractivity contribution >= 4 is 5.69 Å². The van der Waals surface area contributed by atoms with E-state index in [1.165, 1.54) is 12.1 Å². The summed E-state index contributed by atoms with van der Waals surface area (Å²) < 4.78 is 0. The Labute approximate surface area is 149 Å². The number of aromatic nitrogens is 1. The molecule has 6 nitrogen and oxygen atoms in total. The summed E-state index contributed by atoms with van der Waals surface area (Å²) in [6.07, 6.45) is 0. The zero-order chi connectivity index (χ0) is 18.8. The van der Waals surface area contributed by atoms with Crippen molar-refractivity contribution in [1.82, 2.24) is 4.98 Å². The Bertz CT molecular complexity index is 1120. The summed E-state index contributed by atoms with van der Waals surface area (Å²) in [6, 6.07) is 15.5. The monoisotopic (exact) mass is 345 g/mol. The average molecular weight is 345 g/mol. The van der Waals surface area contributed by atoms with Crippen molar-refractivity contribution in [3.8, 4) is 28.5 Å². The third-order valence-corrected chi connectivity index (χ3v) is 4.20. The Morgan fingerprint density at radius 3 is 2.54 bits per heavy atom. The Morgan fingerprint density at radius 1 is 1.08 bits per heavy atom. The number of aryl methyl sites for hydroxylation is 2. The maximum atomic E-state index is 12.4. The number of benzene rings is 2. The maximum Gasteiger partial charge on any atom is 0.270 e. The Kier molecular flexibility index (Phi) is 4.38. The van der Waals surface area contributed by atoms with Crippen LogP contribution in [-0.4, -0.2) is 9.91 Å². The van der Waals surface area contributed by atoms with Crippen LogP contribution in [0.1, 0.15) is 16.7 Å². The number of nitro groups is 1. The molecule has 0 spiro atoms. The van der Waals surface area contributed by atoms with Crippen LogP contribution in [0.5, 0.6) is 0 Å². The summed E-state index contributed by atoms with van der Waals surface area (Å²) in [4.78, 5) is 25.6. The lowest BCUT2D eigenvalue weighted by molar-refractivity contribution is -0.384. The van der Waals surface area contributed by atoms with Crippen LogP contribution >= 0.6 is 0 Å². The summed E-state index contributed by atoms with van der Waals surface area (Å²) in [5, 5.41) is 20.5. The zero-order valence-electron chi connectivity index (χ0n) is 14.2. The van der Waals surface area contributed by atoms with Crippen LogP contribution in [0.25, 0.3) is 22.4 Å². The number of nitro benzene ring substituents is 1. The van der Waals surface area contributed by atoms with Gasteiger partial charge in [-0.25, -0.2) is 0 Å². The highest BCUT2D eigenvalue weighted by atomic mass is 16.6. The third kappa shape index (κ3) is 3.10. The van der Waals surface area contributed by atoms with Gasteiger partial charge in [0, 0.05) is 29.0 Å². The van der Waals surface area contributed by atoms with E-state index >= 15 is 0 Å². The second kappa shape index (κ2) is 6.65. The molecule has 0 amide bonds. The molecule has 1 N–H and O–H groups in total. The van der Waals surface area contributed by atoms with Crippen LogP contribution in [0, 0.1) is 35.3 Å². The van der Waals surface area contributed by atoms with E-state index in [0.29, 0.717) is 16.8 Å². The van der Waals surface area contributed by atoms with Gasteiger partial charge in [-0.2, -0.15) is 5.26 Å². The van der Waals surface area contributed by atoms with Crippen LogP contribution in [0.2, 0.25) is 0 Å². The van der Waals surface area contributed by atoms with Crippen molar-refractivity contribution in [2.45, 2.75) is 13.8 Å². The van der Waals surface area contributed by atoms with E-state index in [9.17, 15) is 20.2 Å². The first kappa shape index (κ1) is 17.1. The number of nitriles is 1. The summed E-state index contributed by atoms with van der Waals surface area (Å²) >= 11 is 0. The number of nitrogens with one attached hydrogen (secondary N) is 1. The molecule has 0 saturated carbocycles. The number of hydrogen-bond donors (Lipinski definition) is 1. The fourth-order valence-corrected chi connectivity index (χ4v) is 2.85. The first-order chi connectivity index (χ1) is 12.4. The van der Waals surface area contributed by atoms with Crippen molar-refractivity contribution in [3.05, 3.63) is 85.7 Å². The molecular weight excluding hydrogens is 330 g/mol. The van der Waals surface area contributed by atoms with Crippen molar-refractivity contribution < 1.29 is 4.92 Å². The summed E-state index contributed by atoms with van der Waals surface area (Å²) in [7, 11) is 0. The second-order valence-corrected chi connectivity index (χ2v) is 6.04. The zero-order valence-corrected chi connectivity index (χ0v) is 14.2. The van der Waals surface area contributed by atoms with Crippen molar-refractivity contribution in [3.63, 3.8) is 0 Å². The van der Waals surface area contributed by atoms with Crippen LogP contribution in [0.3, 0.4) is 0 Å². The number of pyridine rings is 1. The minimum absolute atomic E-state index is 0.0212. The molecule has 128 valence electrons. The van der Waals surface area contributed by atoms with Gasteiger partial charge in [-0.05, 0) is 31.0 Å². The van der Waals surface area contributed by atoms with Gasteiger partial charge < -0.3 is 4.98 Å². The normalized spacial score (nSPS) is 10.3. The predicted molar refractivity (Wildman–Crippen MR) is 98.8 cm³/mol. The van der Waals surface area contributed by atoms with Crippen LogP contribution in [-0.2, 0) is 0 Å².